The van der Waals surface area contributed by atoms with Crippen molar-refractivity contribution in [3.8, 4) is 0 Å². The number of pyridine rings is 1. The van der Waals surface area contributed by atoms with Crippen LogP contribution in [0.1, 0.15) is 27.2 Å². The third-order valence-corrected chi connectivity index (χ3v) is 3.57. The Labute approximate surface area is 121 Å². The van der Waals surface area contributed by atoms with Gasteiger partial charge in [-0.15, -0.1) is 0 Å². The van der Waals surface area contributed by atoms with Crippen LogP contribution >= 0.6 is 0 Å². The molecule has 1 heterocycles. The van der Waals surface area contributed by atoms with E-state index in [4.69, 9.17) is 10.7 Å². The summed E-state index contributed by atoms with van der Waals surface area (Å²) in [6.45, 7) is 9.23. The van der Waals surface area contributed by atoms with Crippen molar-refractivity contribution in [2.45, 2.75) is 27.2 Å². The number of nitrogens with two attached hydrogens (primary N) is 1. The fourth-order valence-corrected chi connectivity index (χ4v) is 2.36. The van der Waals surface area contributed by atoms with Gasteiger partial charge in [-0.25, -0.2) is 4.98 Å². The lowest BCUT2D eigenvalue weighted by atomic mass is 9.93. The number of rotatable bonds is 6. The van der Waals surface area contributed by atoms with Gasteiger partial charge in [-0.3, -0.25) is 0 Å². The molecule has 0 bridgehead atoms. The molecule has 0 radical (unpaired) electrons. The van der Waals surface area contributed by atoms with Crippen LogP contribution in [0, 0.1) is 5.41 Å². The first-order valence-electron chi connectivity index (χ1n) is 7.36. The second-order valence-electron chi connectivity index (χ2n) is 6.15. The van der Waals surface area contributed by atoms with Crippen molar-refractivity contribution in [3.63, 3.8) is 0 Å². The minimum atomic E-state index is 0.0997. The zero-order valence-electron chi connectivity index (χ0n) is 12.8. The highest BCUT2D eigenvalue weighted by Crippen LogP contribution is 2.22. The molecule has 2 N–H and O–H groups in total. The Morgan fingerprint density at radius 1 is 1.15 bits per heavy atom. The van der Waals surface area contributed by atoms with E-state index in [1.54, 1.807) is 0 Å². The summed E-state index contributed by atoms with van der Waals surface area (Å²) in [5.41, 5.74) is 7.02. The molecule has 0 amide bonds. The van der Waals surface area contributed by atoms with Gasteiger partial charge in [-0.1, -0.05) is 39.0 Å². The largest absolute Gasteiger partial charge is 0.356 e. The average Bonchev–Trinajstić information content (AvgIpc) is 2.46. The lowest BCUT2D eigenvalue weighted by Gasteiger charge is -2.32. The number of nitrogens with zero attached hydrogens (tertiary/aromatic N) is 2. The highest BCUT2D eigenvalue weighted by molar-refractivity contribution is 5.80. The van der Waals surface area contributed by atoms with E-state index in [1.807, 2.05) is 12.1 Å². The quantitative estimate of drug-likeness (QED) is 0.875. The summed E-state index contributed by atoms with van der Waals surface area (Å²) < 4.78 is 0. The van der Waals surface area contributed by atoms with Crippen molar-refractivity contribution in [2.75, 3.05) is 24.5 Å². The number of hydrogen-bond donors (Lipinski definition) is 1. The van der Waals surface area contributed by atoms with Gasteiger partial charge in [0.05, 0.1) is 5.52 Å². The lowest BCUT2D eigenvalue weighted by Crippen LogP contribution is -2.39. The third-order valence-electron chi connectivity index (χ3n) is 3.57. The molecule has 1 aromatic heterocycles. The van der Waals surface area contributed by atoms with Crippen LogP contribution in [0.15, 0.2) is 36.4 Å². The second kappa shape index (κ2) is 6.23. The SMILES string of the molecule is CCCN(CC(C)(C)CN)c1ccc2ccccc2n1. The molecule has 3 heteroatoms. The van der Waals surface area contributed by atoms with Crippen LogP contribution in [0.3, 0.4) is 0 Å². The van der Waals surface area contributed by atoms with Gasteiger partial charge in [0.15, 0.2) is 0 Å². The van der Waals surface area contributed by atoms with Crippen LogP contribution in [0.5, 0.6) is 0 Å². The van der Waals surface area contributed by atoms with Crippen LogP contribution < -0.4 is 10.6 Å². The van der Waals surface area contributed by atoms with Crippen molar-refractivity contribution in [1.82, 2.24) is 4.98 Å². The molecule has 0 saturated heterocycles. The Balaban J connectivity index is 2.31. The molecule has 3 nitrogen and oxygen atoms in total. The van der Waals surface area contributed by atoms with Gasteiger partial charge in [0.1, 0.15) is 5.82 Å². The predicted octanol–water partition coefficient (Wildman–Crippen LogP) is 3.44. The van der Waals surface area contributed by atoms with E-state index in [1.165, 1.54) is 5.39 Å². The maximum atomic E-state index is 5.87. The molecule has 0 aliphatic heterocycles. The van der Waals surface area contributed by atoms with Crippen LogP contribution in [-0.4, -0.2) is 24.6 Å². The summed E-state index contributed by atoms with van der Waals surface area (Å²) in [5, 5.41) is 1.19. The van der Waals surface area contributed by atoms with E-state index in [2.05, 4.69) is 49.9 Å². The van der Waals surface area contributed by atoms with Crippen molar-refractivity contribution in [3.05, 3.63) is 36.4 Å². The standard InChI is InChI=1S/C17H25N3/c1-4-11-20(13-17(2,3)12-18)16-10-9-14-7-5-6-8-15(14)19-16/h5-10H,4,11-13,18H2,1-3H3. The summed E-state index contributed by atoms with van der Waals surface area (Å²) in [5.74, 6) is 1.05. The first-order chi connectivity index (χ1) is 9.55. The molecule has 0 aliphatic carbocycles. The molecule has 20 heavy (non-hydrogen) atoms. The first kappa shape index (κ1) is 14.8. The molecule has 1 aromatic carbocycles. The van der Waals surface area contributed by atoms with Gasteiger partial charge < -0.3 is 10.6 Å². The molecule has 0 atom stereocenters. The van der Waals surface area contributed by atoms with E-state index in [0.717, 1.165) is 30.8 Å². The monoisotopic (exact) mass is 271 g/mol. The highest BCUT2D eigenvalue weighted by Gasteiger charge is 2.20. The van der Waals surface area contributed by atoms with E-state index < -0.39 is 0 Å². The summed E-state index contributed by atoms with van der Waals surface area (Å²) in [4.78, 5) is 7.14. The number of anilines is 1. The van der Waals surface area contributed by atoms with Crippen molar-refractivity contribution in [1.29, 1.82) is 0 Å². The predicted molar refractivity (Wildman–Crippen MR) is 87.1 cm³/mol. The number of hydrogen-bond acceptors (Lipinski definition) is 3. The van der Waals surface area contributed by atoms with Crippen LogP contribution in [0.4, 0.5) is 5.82 Å². The number of para-hydroxylation sites is 1. The van der Waals surface area contributed by atoms with Gasteiger partial charge in [0, 0.05) is 18.5 Å². The lowest BCUT2D eigenvalue weighted by molar-refractivity contribution is 0.376. The Morgan fingerprint density at radius 3 is 2.60 bits per heavy atom. The van der Waals surface area contributed by atoms with Crippen molar-refractivity contribution in [2.24, 2.45) is 11.1 Å². The van der Waals surface area contributed by atoms with E-state index in [0.29, 0.717) is 6.54 Å². The Kier molecular flexibility index (Phi) is 4.61. The topological polar surface area (TPSA) is 42.1 Å². The van der Waals surface area contributed by atoms with Gasteiger partial charge in [0.25, 0.3) is 0 Å². The van der Waals surface area contributed by atoms with Gasteiger partial charge in [0.2, 0.25) is 0 Å². The minimum Gasteiger partial charge on any atom is -0.356 e. The molecule has 0 fully saturated rings. The van der Waals surface area contributed by atoms with Crippen molar-refractivity contribution < 1.29 is 0 Å². The van der Waals surface area contributed by atoms with E-state index in [9.17, 15) is 0 Å². The Hall–Kier alpha value is -1.61. The smallest absolute Gasteiger partial charge is 0.129 e. The molecule has 0 aliphatic rings. The summed E-state index contributed by atoms with van der Waals surface area (Å²) >= 11 is 0. The summed E-state index contributed by atoms with van der Waals surface area (Å²) in [7, 11) is 0. The number of aromatic nitrogens is 1. The zero-order chi connectivity index (χ0) is 14.6. The van der Waals surface area contributed by atoms with Crippen LogP contribution in [-0.2, 0) is 0 Å². The summed E-state index contributed by atoms with van der Waals surface area (Å²) in [6, 6.07) is 12.5. The molecule has 0 spiro atoms. The van der Waals surface area contributed by atoms with Gasteiger partial charge in [-0.05, 0) is 36.6 Å². The maximum Gasteiger partial charge on any atom is 0.129 e. The zero-order valence-corrected chi connectivity index (χ0v) is 12.8. The first-order valence-corrected chi connectivity index (χ1v) is 7.36. The van der Waals surface area contributed by atoms with Gasteiger partial charge in [-0.2, -0.15) is 0 Å². The normalized spacial score (nSPS) is 11.8. The summed E-state index contributed by atoms with van der Waals surface area (Å²) in [6.07, 6.45) is 1.11. The Bertz CT molecular complexity index is 563. The highest BCUT2D eigenvalue weighted by atomic mass is 15.2. The molecule has 2 aromatic rings. The second-order valence-corrected chi connectivity index (χ2v) is 6.15. The number of benzene rings is 1. The molecule has 108 valence electrons. The molecular formula is C17H25N3. The van der Waals surface area contributed by atoms with Crippen molar-refractivity contribution >= 4 is 16.7 Å². The van der Waals surface area contributed by atoms with Crippen LogP contribution in [0.2, 0.25) is 0 Å². The third kappa shape index (κ3) is 3.48. The van der Waals surface area contributed by atoms with E-state index in [-0.39, 0.29) is 5.41 Å². The fourth-order valence-electron chi connectivity index (χ4n) is 2.36. The molecule has 0 saturated carbocycles. The average molecular weight is 271 g/mol. The maximum absolute atomic E-state index is 5.87. The van der Waals surface area contributed by atoms with Crippen LogP contribution in [0.25, 0.3) is 10.9 Å². The molecule has 0 unspecified atom stereocenters. The van der Waals surface area contributed by atoms with Gasteiger partial charge >= 0.3 is 0 Å². The molecular weight excluding hydrogens is 246 g/mol. The van der Waals surface area contributed by atoms with E-state index >= 15 is 0 Å². The minimum absolute atomic E-state index is 0.0997. The number of fused-ring (bicyclic) bond motifs is 1. The fraction of sp³-hybridized carbons (Fsp3) is 0.471. The Morgan fingerprint density at radius 2 is 1.90 bits per heavy atom. The molecule has 2 rings (SSSR count).